The van der Waals surface area contributed by atoms with Crippen molar-refractivity contribution in [2.75, 3.05) is 26.9 Å². The largest absolute Gasteiger partial charge is 0.480 e. The Labute approximate surface area is 298 Å². The Morgan fingerprint density at radius 1 is 1.16 bits per heavy atom. The first-order chi connectivity index (χ1) is 24.2. The number of aromatic nitrogens is 2. The summed E-state index contributed by atoms with van der Waals surface area (Å²) in [6.45, 7) is 12.4. The van der Waals surface area contributed by atoms with E-state index in [1.807, 2.05) is 6.07 Å². The van der Waals surface area contributed by atoms with Crippen molar-refractivity contribution >= 4 is 28.9 Å². The average Bonchev–Trinajstić information content (AvgIpc) is 3.81. The summed E-state index contributed by atoms with van der Waals surface area (Å²) in [5, 5.41) is 25.2. The third-order valence-corrected chi connectivity index (χ3v) is 10.3. The Hall–Kier alpha value is -4.04. The average molecular weight is 706 g/mol. The van der Waals surface area contributed by atoms with Crippen molar-refractivity contribution in [3.05, 3.63) is 53.3 Å². The van der Waals surface area contributed by atoms with Gasteiger partial charge in [-0.2, -0.15) is 0 Å². The van der Waals surface area contributed by atoms with E-state index < -0.39 is 41.1 Å². The number of amides is 2. The number of nitrogens with zero attached hydrogens (tertiary/aromatic N) is 3. The first kappa shape index (κ1) is 36.7. The zero-order chi connectivity index (χ0) is 36.8. The van der Waals surface area contributed by atoms with Gasteiger partial charge < -0.3 is 34.3 Å². The number of carboxylic acid groups (broad SMARTS) is 1. The number of aliphatic hydroxyl groups is 1. The highest BCUT2D eigenvalue weighted by molar-refractivity contribution is 5.95. The zero-order valence-electron chi connectivity index (χ0n) is 30.6. The van der Waals surface area contributed by atoms with E-state index in [2.05, 4.69) is 60.3 Å². The number of hydrazine groups is 1. The minimum Gasteiger partial charge on any atom is -0.480 e. The molecule has 6 atom stereocenters. The molecular weight excluding hydrogens is 654 g/mol. The van der Waals surface area contributed by atoms with E-state index in [1.165, 1.54) is 5.01 Å². The lowest BCUT2D eigenvalue weighted by Crippen LogP contribution is -2.61. The van der Waals surface area contributed by atoms with Gasteiger partial charge in [0.2, 0.25) is 0 Å². The van der Waals surface area contributed by atoms with Gasteiger partial charge in [-0.15, -0.1) is 0 Å². The lowest BCUT2D eigenvalue weighted by atomic mass is 9.67. The van der Waals surface area contributed by atoms with Gasteiger partial charge in [0.25, 0.3) is 5.91 Å². The molecule has 4 N–H and O–H groups in total. The van der Waals surface area contributed by atoms with Gasteiger partial charge in [-0.05, 0) is 87.8 Å². The number of fused-ring (bicyclic) bond motifs is 5. The summed E-state index contributed by atoms with van der Waals surface area (Å²) < 4.78 is 20.2. The van der Waals surface area contributed by atoms with E-state index in [0.717, 1.165) is 51.9 Å². The van der Waals surface area contributed by atoms with Gasteiger partial charge in [-0.25, -0.2) is 10.2 Å². The molecule has 1 unspecified atom stereocenters. The Kier molecular flexibility index (Phi) is 10.2. The topological polar surface area (TPSA) is 164 Å². The minimum atomic E-state index is -1.09. The van der Waals surface area contributed by atoms with Gasteiger partial charge in [0, 0.05) is 61.3 Å². The molecule has 1 saturated carbocycles. The van der Waals surface area contributed by atoms with Crippen LogP contribution in [0.1, 0.15) is 95.6 Å². The molecule has 0 spiro atoms. The summed E-state index contributed by atoms with van der Waals surface area (Å²) in [6, 6.07) is 8.57. The number of methoxy groups -OCH3 is 1. The SMILES string of the molecule is CCn1c2c(c3cc([C@@H]4C[C@H]4OC[C@H](NC(=O)OC(C)(C)C)C(=O)N4CCC[C@@H](C(=O)O)N4)ccc31)C(C(C)(C)CO)[C@H](OC)c1ncccc1-2. The van der Waals surface area contributed by atoms with Crippen LogP contribution in [0, 0.1) is 5.41 Å². The van der Waals surface area contributed by atoms with Crippen LogP contribution in [0.4, 0.5) is 4.79 Å². The van der Waals surface area contributed by atoms with E-state index in [0.29, 0.717) is 19.4 Å². The lowest BCUT2D eigenvalue weighted by molar-refractivity contribution is -0.148. The van der Waals surface area contributed by atoms with Crippen LogP contribution in [0.3, 0.4) is 0 Å². The molecule has 13 heteroatoms. The lowest BCUT2D eigenvalue weighted by Gasteiger charge is -2.41. The molecule has 3 aliphatic rings. The molecule has 2 fully saturated rings. The van der Waals surface area contributed by atoms with Crippen LogP contribution in [0.5, 0.6) is 0 Å². The van der Waals surface area contributed by atoms with Crippen LogP contribution in [0.15, 0.2) is 36.5 Å². The normalized spacial score (nSPS) is 23.7. The molecule has 3 aromatic rings. The Morgan fingerprint density at radius 3 is 2.59 bits per heavy atom. The first-order valence-electron chi connectivity index (χ1n) is 17.9. The molecule has 1 aromatic carbocycles. The van der Waals surface area contributed by atoms with Crippen LogP contribution < -0.4 is 10.7 Å². The van der Waals surface area contributed by atoms with E-state index in [1.54, 1.807) is 34.1 Å². The number of carbonyl (C=O) groups is 3. The summed E-state index contributed by atoms with van der Waals surface area (Å²) >= 11 is 0. The van der Waals surface area contributed by atoms with E-state index >= 15 is 0 Å². The maximum atomic E-state index is 13.6. The number of ether oxygens (including phenoxy) is 3. The molecule has 1 aliphatic heterocycles. The molecule has 276 valence electrons. The number of rotatable bonds is 11. The highest BCUT2D eigenvalue weighted by Crippen LogP contribution is 2.57. The minimum absolute atomic E-state index is 0.0305. The summed E-state index contributed by atoms with van der Waals surface area (Å²) in [4.78, 5) is 42.8. The van der Waals surface area contributed by atoms with Crippen LogP contribution >= 0.6 is 0 Å². The highest BCUT2D eigenvalue weighted by atomic mass is 16.6. The number of aryl methyl sites for hydroxylation is 1. The quantitative estimate of drug-likeness (QED) is 0.216. The van der Waals surface area contributed by atoms with Crippen molar-refractivity contribution in [3.63, 3.8) is 0 Å². The number of benzene rings is 1. The fourth-order valence-electron chi connectivity index (χ4n) is 7.73. The molecule has 2 aromatic heterocycles. The third-order valence-electron chi connectivity index (χ3n) is 10.3. The van der Waals surface area contributed by atoms with Crippen molar-refractivity contribution < 1.29 is 38.8 Å². The summed E-state index contributed by atoms with van der Waals surface area (Å²) in [7, 11) is 1.70. The number of aliphatic hydroxyl groups excluding tert-OH is 1. The molecule has 0 bridgehead atoms. The molecular formula is C38H51N5O8. The Morgan fingerprint density at radius 2 is 1.92 bits per heavy atom. The smallest absolute Gasteiger partial charge is 0.408 e. The monoisotopic (exact) mass is 705 g/mol. The van der Waals surface area contributed by atoms with Gasteiger partial charge in [0.05, 0.1) is 24.1 Å². The molecule has 2 amide bonds. The summed E-state index contributed by atoms with van der Waals surface area (Å²) in [6.07, 6.45) is 2.13. The van der Waals surface area contributed by atoms with Crippen molar-refractivity contribution in [1.82, 2.24) is 25.3 Å². The predicted molar refractivity (Wildman–Crippen MR) is 190 cm³/mol. The van der Waals surface area contributed by atoms with Crippen molar-refractivity contribution in [2.45, 2.75) is 109 Å². The molecule has 51 heavy (non-hydrogen) atoms. The molecule has 0 radical (unpaired) electrons. The second-order valence-electron chi connectivity index (χ2n) is 15.6. The molecule has 3 heterocycles. The van der Waals surface area contributed by atoms with Crippen LogP contribution in [-0.2, 0) is 30.3 Å². The van der Waals surface area contributed by atoms with Crippen molar-refractivity contribution in [3.8, 4) is 11.3 Å². The van der Waals surface area contributed by atoms with Gasteiger partial charge in [-0.1, -0.05) is 19.9 Å². The second-order valence-corrected chi connectivity index (χ2v) is 15.6. The molecule has 6 rings (SSSR count). The van der Waals surface area contributed by atoms with Gasteiger partial charge in [0.15, 0.2) is 0 Å². The number of carbonyl (C=O) groups excluding carboxylic acids is 2. The summed E-state index contributed by atoms with van der Waals surface area (Å²) in [5.41, 5.74) is 7.81. The number of pyridine rings is 1. The fraction of sp³-hybridized carbons (Fsp3) is 0.579. The number of hydrogen-bond acceptors (Lipinski definition) is 9. The Balaban J connectivity index is 1.28. The van der Waals surface area contributed by atoms with Crippen LogP contribution in [-0.4, -0.2) is 93.4 Å². The number of hydrogen-bond donors (Lipinski definition) is 4. The maximum absolute atomic E-state index is 13.6. The predicted octanol–water partition coefficient (Wildman–Crippen LogP) is 4.87. The maximum Gasteiger partial charge on any atom is 0.408 e. The number of nitrogens with one attached hydrogen (secondary N) is 2. The van der Waals surface area contributed by atoms with E-state index in [9.17, 15) is 24.6 Å². The molecule has 13 nitrogen and oxygen atoms in total. The molecule has 1 saturated heterocycles. The van der Waals surface area contributed by atoms with Gasteiger partial charge >= 0.3 is 12.1 Å². The standard InChI is InChI=1S/C38H51N5O8/c1-8-42-27-14-13-21(17-24(27)29-30(38(5,6)20-44)33(49-7)31-22(32(29)42)11-9-15-39-31)23-18-28(23)50-19-26(40-36(48)51-37(2,3)4)34(45)43-16-10-12-25(41-43)35(46)47/h9,11,13-15,17,23,25-26,28,30,33,41,44H,8,10,12,16,18-20H2,1-7H3,(H,40,48)(H,46,47)/t23-,25-,26-,28+,30?,33-/m0/s1. The van der Waals surface area contributed by atoms with E-state index in [-0.39, 0.29) is 37.3 Å². The molecule has 2 aliphatic carbocycles. The highest BCUT2D eigenvalue weighted by Gasteiger charge is 2.47. The van der Waals surface area contributed by atoms with Crippen molar-refractivity contribution in [2.24, 2.45) is 5.41 Å². The third kappa shape index (κ3) is 7.21. The second kappa shape index (κ2) is 14.2. The number of carboxylic acids is 1. The van der Waals surface area contributed by atoms with Crippen molar-refractivity contribution in [1.29, 1.82) is 0 Å². The van der Waals surface area contributed by atoms with Crippen LogP contribution in [0.25, 0.3) is 22.2 Å². The van der Waals surface area contributed by atoms with Gasteiger partial charge in [0.1, 0.15) is 23.8 Å². The first-order valence-corrected chi connectivity index (χ1v) is 17.9. The Bertz CT molecular complexity index is 1800. The number of aliphatic carboxylic acids is 1. The van der Waals surface area contributed by atoms with Crippen LogP contribution in [0.2, 0.25) is 0 Å². The fourth-order valence-corrected chi connectivity index (χ4v) is 7.73. The summed E-state index contributed by atoms with van der Waals surface area (Å²) in [5.74, 6) is -1.63. The van der Waals surface area contributed by atoms with Gasteiger partial charge in [-0.3, -0.25) is 19.6 Å². The zero-order valence-corrected chi connectivity index (χ0v) is 30.6. The van der Waals surface area contributed by atoms with E-state index in [4.69, 9.17) is 19.2 Å². The number of alkyl carbamates (subject to hydrolysis) is 1.